The van der Waals surface area contributed by atoms with Crippen molar-refractivity contribution in [2.24, 2.45) is 0 Å². The van der Waals surface area contributed by atoms with Gasteiger partial charge in [0.05, 0.1) is 10.0 Å². The molecule has 0 heterocycles. The fraction of sp³-hybridized carbons (Fsp3) is 0.0476. The third kappa shape index (κ3) is 3.36. The average Bonchev–Trinajstić information content (AvgIpc) is 3.65. The summed E-state index contributed by atoms with van der Waals surface area (Å²) < 4.78 is 0. The van der Waals surface area contributed by atoms with Crippen LogP contribution in [-0.2, 0) is 5.41 Å². The van der Waals surface area contributed by atoms with Gasteiger partial charge in [-0.2, -0.15) is 0 Å². The Hall–Kier alpha value is -4.62. The number of hydrogen-bond acceptors (Lipinski definition) is 0. The van der Waals surface area contributed by atoms with E-state index in [1.807, 2.05) is 0 Å². The second-order valence-electron chi connectivity index (χ2n) is 12.0. The van der Waals surface area contributed by atoms with Crippen molar-refractivity contribution in [3.05, 3.63) is 189 Å². The molecule has 0 amide bonds. The number of hydrogen-bond donors (Lipinski definition) is 0. The van der Waals surface area contributed by atoms with E-state index in [0.717, 1.165) is 11.1 Å². The van der Waals surface area contributed by atoms with Gasteiger partial charge in [-0.3, -0.25) is 0 Å². The third-order valence-electron chi connectivity index (χ3n) is 9.82. The van der Waals surface area contributed by atoms with Gasteiger partial charge in [-0.25, -0.2) is 0 Å². The summed E-state index contributed by atoms with van der Waals surface area (Å²) in [5, 5.41) is 1.13. The Kier molecular flexibility index (Phi) is 5.54. The summed E-state index contributed by atoms with van der Waals surface area (Å²) in [5.74, 6) is 0. The molecule has 44 heavy (non-hydrogen) atoms. The van der Waals surface area contributed by atoms with Crippen LogP contribution in [0.2, 0.25) is 10.0 Å². The van der Waals surface area contributed by atoms with E-state index in [9.17, 15) is 0 Å². The van der Waals surface area contributed by atoms with Gasteiger partial charge in [-0.05, 0) is 103 Å². The van der Waals surface area contributed by atoms with Crippen LogP contribution >= 0.6 is 23.2 Å². The second-order valence-corrected chi connectivity index (χ2v) is 12.8. The van der Waals surface area contributed by atoms with Crippen LogP contribution in [0, 0.1) is 0 Å². The molecule has 0 unspecified atom stereocenters. The van der Waals surface area contributed by atoms with Gasteiger partial charge in [0.1, 0.15) is 0 Å². The Morgan fingerprint density at radius 1 is 0.364 bits per heavy atom. The van der Waals surface area contributed by atoms with Crippen molar-refractivity contribution >= 4 is 45.5 Å². The Labute approximate surface area is 267 Å². The van der Waals surface area contributed by atoms with Crippen molar-refractivity contribution in [3.8, 4) is 22.3 Å². The molecule has 208 valence electrons. The van der Waals surface area contributed by atoms with Crippen LogP contribution in [0.3, 0.4) is 0 Å². The van der Waals surface area contributed by atoms with Gasteiger partial charge in [0, 0.05) is 5.41 Å². The molecule has 3 aliphatic rings. The Bertz CT molecular complexity index is 2020. The van der Waals surface area contributed by atoms with Gasteiger partial charge in [-0.15, -0.1) is 0 Å². The van der Waals surface area contributed by atoms with Crippen LogP contribution in [-0.4, -0.2) is 0 Å². The fourth-order valence-corrected chi connectivity index (χ4v) is 8.35. The van der Waals surface area contributed by atoms with Gasteiger partial charge in [0.25, 0.3) is 0 Å². The summed E-state index contributed by atoms with van der Waals surface area (Å²) in [6.45, 7) is 2.40. The van der Waals surface area contributed by atoms with Crippen LogP contribution in [0.4, 0.5) is 0 Å². The molecule has 6 aromatic rings. The zero-order chi connectivity index (χ0) is 29.6. The van der Waals surface area contributed by atoms with Crippen LogP contribution in [0.25, 0.3) is 44.5 Å². The summed E-state index contributed by atoms with van der Waals surface area (Å²) in [5.41, 5.74) is 18.1. The standard InChI is InChI=1S/C42H26Cl2/c1-42(25-13-3-2-4-14-25)40(38-30-19-9-5-15-26(30)27-16-6-10-20-31(27)38)34-23-36(43)37(44)24-35(34)41(42)39-32-21-11-7-17-28(32)29-18-8-12-22-33(29)39/h2-24H,1H3. The van der Waals surface area contributed by atoms with E-state index in [4.69, 9.17) is 23.2 Å². The molecule has 0 nitrogen and oxygen atoms in total. The molecule has 0 spiro atoms. The third-order valence-corrected chi connectivity index (χ3v) is 10.5. The average molecular weight is 602 g/mol. The van der Waals surface area contributed by atoms with Crippen molar-refractivity contribution in [2.45, 2.75) is 12.3 Å². The first-order valence-corrected chi connectivity index (χ1v) is 15.8. The minimum atomic E-state index is -0.530. The van der Waals surface area contributed by atoms with Crippen molar-refractivity contribution in [2.75, 3.05) is 0 Å². The van der Waals surface area contributed by atoms with Gasteiger partial charge in [-0.1, -0.05) is 151 Å². The molecular weight excluding hydrogens is 575 g/mol. The zero-order valence-electron chi connectivity index (χ0n) is 24.0. The van der Waals surface area contributed by atoms with E-state index in [1.54, 1.807) is 0 Å². The van der Waals surface area contributed by atoms with Crippen molar-refractivity contribution in [1.29, 1.82) is 0 Å². The predicted molar refractivity (Wildman–Crippen MR) is 186 cm³/mol. The molecule has 0 aromatic heterocycles. The molecule has 0 atom stereocenters. The van der Waals surface area contributed by atoms with Crippen LogP contribution in [0.15, 0.2) is 140 Å². The summed E-state index contributed by atoms with van der Waals surface area (Å²) >= 11 is 13.8. The highest BCUT2D eigenvalue weighted by atomic mass is 35.5. The summed E-state index contributed by atoms with van der Waals surface area (Å²) in [6, 6.07) is 50.4. The second kappa shape index (κ2) is 9.44. The van der Waals surface area contributed by atoms with E-state index in [-0.39, 0.29) is 0 Å². The monoisotopic (exact) mass is 600 g/mol. The largest absolute Gasteiger partial charge is 0.0827 e. The first-order valence-electron chi connectivity index (χ1n) is 15.0. The lowest BCUT2D eigenvalue weighted by Crippen LogP contribution is -2.23. The van der Waals surface area contributed by atoms with E-state index < -0.39 is 5.41 Å². The molecule has 6 aromatic carbocycles. The molecule has 2 heteroatoms. The SMILES string of the molecule is CC1(c2ccccc2)C(=C2c3ccccc3-c3ccccc32)c2cc(Cl)c(Cl)cc2C1=C1c2ccccc2-c2ccccc21. The Morgan fingerprint density at radius 2 is 0.659 bits per heavy atom. The predicted octanol–water partition coefficient (Wildman–Crippen LogP) is 11.8. The van der Waals surface area contributed by atoms with E-state index in [0.29, 0.717) is 10.0 Å². The number of allylic oxidation sites excluding steroid dienone is 2. The number of benzene rings is 6. The van der Waals surface area contributed by atoms with Gasteiger partial charge < -0.3 is 0 Å². The lowest BCUT2D eigenvalue weighted by Gasteiger charge is -2.33. The number of halogens is 2. The van der Waals surface area contributed by atoms with Gasteiger partial charge in [0.2, 0.25) is 0 Å². The van der Waals surface area contributed by atoms with Gasteiger partial charge in [0.15, 0.2) is 0 Å². The summed E-state index contributed by atoms with van der Waals surface area (Å²) in [4.78, 5) is 0. The Balaban J connectivity index is 1.53. The number of rotatable bonds is 1. The molecule has 0 fully saturated rings. The van der Waals surface area contributed by atoms with Crippen LogP contribution < -0.4 is 0 Å². The topological polar surface area (TPSA) is 0 Å². The molecule has 3 aliphatic carbocycles. The summed E-state index contributed by atoms with van der Waals surface area (Å²) in [7, 11) is 0. The first-order chi connectivity index (χ1) is 21.6. The first kappa shape index (κ1) is 25.8. The van der Waals surface area contributed by atoms with Crippen molar-refractivity contribution in [1.82, 2.24) is 0 Å². The summed E-state index contributed by atoms with van der Waals surface area (Å²) in [6.07, 6.45) is 0. The molecular formula is C42H26Cl2. The van der Waals surface area contributed by atoms with Crippen molar-refractivity contribution < 1.29 is 0 Å². The number of fused-ring (bicyclic) bond motifs is 7. The molecule has 0 saturated carbocycles. The quantitative estimate of drug-likeness (QED) is 0.176. The van der Waals surface area contributed by atoms with Crippen molar-refractivity contribution in [3.63, 3.8) is 0 Å². The normalized spacial score (nSPS) is 15.2. The maximum absolute atomic E-state index is 6.90. The smallest absolute Gasteiger partial charge is 0.0598 e. The lowest BCUT2D eigenvalue weighted by molar-refractivity contribution is 0.827. The minimum Gasteiger partial charge on any atom is -0.0827 e. The minimum absolute atomic E-state index is 0.530. The Morgan fingerprint density at radius 3 is 1.00 bits per heavy atom. The highest BCUT2D eigenvalue weighted by Crippen LogP contribution is 2.65. The van der Waals surface area contributed by atoms with E-state index in [2.05, 4.69) is 146 Å². The molecule has 0 bridgehead atoms. The lowest BCUT2D eigenvalue weighted by atomic mass is 9.69. The fourth-order valence-electron chi connectivity index (χ4n) is 8.03. The van der Waals surface area contributed by atoms with E-state index in [1.165, 1.54) is 72.4 Å². The molecule has 0 aliphatic heterocycles. The van der Waals surface area contributed by atoms with Crippen LogP contribution in [0.5, 0.6) is 0 Å². The van der Waals surface area contributed by atoms with E-state index >= 15 is 0 Å². The van der Waals surface area contributed by atoms with Gasteiger partial charge >= 0.3 is 0 Å². The molecule has 0 saturated heterocycles. The highest BCUT2D eigenvalue weighted by molar-refractivity contribution is 6.42. The highest BCUT2D eigenvalue weighted by Gasteiger charge is 2.49. The zero-order valence-corrected chi connectivity index (χ0v) is 25.5. The molecule has 9 rings (SSSR count). The van der Waals surface area contributed by atoms with Crippen LogP contribution in [0.1, 0.15) is 45.9 Å². The maximum Gasteiger partial charge on any atom is 0.0598 e. The molecule has 0 N–H and O–H groups in total. The molecule has 0 radical (unpaired) electrons. The maximum atomic E-state index is 6.90.